The molecule has 0 bridgehead atoms. The zero-order valence-electron chi connectivity index (χ0n) is 20.9. The van der Waals surface area contributed by atoms with Crippen LogP contribution in [-0.4, -0.2) is 54.1 Å². The molecule has 0 fully saturated rings. The van der Waals surface area contributed by atoms with Crippen LogP contribution in [-0.2, 0) is 14.8 Å². The minimum atomic E-state index is -3.68. The van der Waals surface area contributed by atoms with Crippen LogP contribution in [0.1, 0.15) is 13.8 Å². The molecule has 0 saturated carbocycles. The summed E-state index contributed by atoms with van der Waals surface area (Å²) < 4.78 is 35.1. The number of ether oxygens (including phenoxy) is 1. The zero-order chi connectivity index (χ0) is 27.4. The third kappa shape index (κ3) is 5.64. The van der Waals surface area contributed by atoms with Crippen molar-refractivity contribution >= 4 is 67.6 Å². The molecule has 4 aromatic rings. The number of thioether (sulfide) groups is 1. The first-order valence-electron chi connectivity index (χ1n) is 11.7. The molecule has 0 aliphatic heterocycles. The molecule has 1 N–H and O–H groups in total. The molecule has 200 valence electrons. The van der Waals surface area contributed by atoms with Crippen LogP contribution < -0.4 is 10.1 Å². The van der Waals surface area contributed by atoms with Crippen molar-refractivity contribution in [3.8, 4) is 11.4 Å². The lowest BCUT2D eigenvalue weighted by molar-refractivity contribution is -0.113. The van der Waals surface area contributed by atoms with Gasteiger partial charge in [-0.25, -0.2) is 13.4 Å². The van der Waals surface area contributed by atoms with Crippen molar-refractivity contribution in [3.63, 3.8) is 0 Å². The van der Waals surface area contributed by atoms with Crippen LogP contribution in [0.3, 0.4) is 0 Å². The van der Waals surface area contributed by atoms with Gasteiger partial charge in [0.1, 0.15) is 5.75 Å². The number of amides is 1. The highest BCUT2D eigenvalue weighted by Crippen LogP contribution is 2.34. The summed E-state index contributed by atoms with van der Waals surface area (Å²) >= 11 is 13.5. The van der Waals surface area contributed by atoms with Crippen LogP contribution in [0.4, 0.5) is 5.69 Å². The third-order valence-electron chi connectivity index (χ3n) is 5.82. The molecular formula is C26H26Cl2N4O4S2. The average molecular weight is 594 g/mol. The molecular weight excluding hydrogens is 567 g/mol. The van der Waals surface area contributed by atoms with E-state index in [4.69, 9.17) is 32.9 Å². The number of hydrogen-bond donors (Lipinski definition) is 1. The highest BCUT2D eigenvalue weighted by atomic mass is 35.5. The number of rotatable bonds is 10. The summed E-state index contributed by atoms with van der Waals surface area (Å²) in [5, 5.41) is 3.86. The number of carbonyl (C=O) groups excluding carboxylic acids is 1. The van der Waals surface area contributed by atoms with Gasteiger partial charge in [-0.1, -0.05) is 67.0 Å². The van der Waals surface area contributed by atoms with E-state index in [1.807, 2.05) is 28.8 Å². The van der Waals surface area contributed by atoms with Gasteiger partial charge in [-0.15, -0.1) is 0 Å². The monoisotopic (exact) mass is 592 g/mol. The van der Waals surface area contributed by atoms with Crippen molar-refractivity contribution in [2.45, 2.75) is 23.9 Å². The summed E-state index contributed by atoms with van der Waals surface area (Å²) in [6.45, 7) is 4.32. The Morgan fingerprint density at radius 2 is 1.82 bits per heavy atom. The maximum Gasteiger partial charge on any atom is 0.243 e. The first-order valence-corrected chi connectivity index (χ1v) is 14.9. The normalized spacial score (nSPS) is 11.7. The molecule has 0 atom stereocenters. The summed E-state index contributed by atoms with van der Waals surface area (Å²) in [5.41, 5.74) is 2.27. The third-order valence-corrected chi connectivity index (χ3v) is 9.63. The molecule has 0 aliphatic rings. The summed E-state index contributed by atoms with van der Waals surface area (Å²) in [6.07, 6.45) is 0. The van der Waals surface area contributed by atoms with Crippen molar-refractivity contribution in [2.24, 2.45) is 0 Å². The number of hydrogen-bond acceptors (Lipinski definition) is 6. The molecule has 1 heterocycles. The second-order valence-electron chi connectivity index (χ2n) is 8.08. The number of fused-ring (bicyclic) bond motifs is 1. The molecule has 0 saturated heterocycles. The van der Waals surface area contributed by atoms with Gasteiger partial charge in [0.05, 0.1) is 50.2 Å². The number of nitrogens with one attached hydrogen (secondary N) is 1. The summed E-state index contributed by atoms with van der Waals surface area (Å²) in [5.74, 6) is 0.317. The lowest BCUT2D eigenvalue weighted by atomic mass is 10.2. The second-order valence-corrected chi connectivity index (χ2v) is 11.7. The van der Waals surface area contributed by atoms with Gasteiger partial charge >= 0.3 is 0 Å². The Labute approximate surface area is 235 Å². The van der Waals surface area contributed by atoms with E-state index in [2.05, 4.69) is 5.32 Å². The molecule has 0 unspecified atom stereocenters. The van der Waals surface area contributed by atoms with E-state index in [9.17, 15) is 13.2 Å². The Bertz CT molecular complexity index is 1590. The maximum atomic E-state index is 13.1. The van der Waals surface area contributed by atoms with Crippen molar-refractivity contribution in [2.75, 3.05) is 31.3 Å². The number of para-hydroxylation sites is 2. The molecule has 0 radical (unpaired) electrons. The van der Waals surface area contributed by atoms with E-state index in [-0.39, 0.29) is 21.6 Å². The standard InChI is InChI=1S/C26H26Cl2N4O4S2/c1-4-31(5-2)38(34,35)17-13-14-21-20(15-17)30-26(32(21)22-11-6-7-12-23(22)36-3)37-16-24(33)29-19-10-8-9-18(27)25(19)28/h6-15H,4-5,16H2,1-3H3,(H,29,33). The number of imidazole rings is 1. The molecule has 12 heteroatoms. The number of halogens is 2. The number of nitrogens with zero attached hydrogens (tertiary/aromatic N) is 3. The van der Waals surface area contributed by atoms with Crippen LogP contribution in [0.2, 0.25) is 10.0 Å². The molecule has 1 aromatic heterocycles. The highest BCUT2D eigenvalue weighted by molar-refractivity contribution is 7.99. The van der Waals surface area contributed by atoms with E-state index >= 15 is 0 Å². The van der Waals surface area contributed by atoms with Crippen molar-refractivity contribution in [3.05, 3.63) is 70.7 Å². The number of sulfonamides is 1. The Hall–Kier alpha value is -2.76. The molecule has 1 amide bonds. The molecule has 0 aliphatic carbocycles. The SMILES string of the molecule is CCN(CC)S(=O)(=O)c1ccc2c(c1)nc(SCC(=O)Nc1cccc(Cl)c1Cl)n2-c1ccccc1OC. The number of anilines is 1. The predicted octanol–water partition coefficient (Wildman–Crippen LogP) is 6.10. The fourth-order valence-electron chi connectivity index (χ4n) is 3.97. The number of carbonyl (C=O) groups is 1. The Morgan fingerprint density at radius 3 is 2.53 bits per heavy atom. The van der Waals surface area contributed by atoms with E-state index in [1.165, 1.54) is 16.1 Å². The topological polar surface area (TPSA) is 93.5 Å². The van der Waals surface area contributed by atoms with Crippen molar-refractivity contribution in [1.82, 2.24) is 13.9 Å². The van der Waals surface area contributed by atoms with Crippen LogP contribution in [0, 0.1) is 0 Å². The van der Waals surface area contributed by atoms with Gasteiger partial charge in [-0.05, 0) is 42.5 Å². The summed E-state index contributed by atoms with van der Waals surface area (Å²) in [7, 11) is -2.11. The Kier molecular flexibility index (Phi) is 8.89. The lowest BCUT2D eigenvalue weighted by Crippen LogP contribution is -2.30. The van der Waals surface area contributed by atoms with Crippen molar-refractivity contribution < 1.29 is 17.9 Å². The van der Waals surface area contributed by atoms with E-state index < -0.39 is 10.0 Å². The molecule has 4 rings (SSSR count). The number of benzene rings is 3. The second kappa shape index (κ2) is 12.0. The molecule has 3 aromatic carbocycles. The van der Waals surface area contributed by atoms with Crippen molar-refractivity contribution in [1.29, 1.82) is 0 Å². The van der Waals surface area contributed by atoms with Gasteiger partial charge in [0.25, 0.3) is 0 Å². The van der Waals surface area contributed by atoms with E-state index in [0.29, 0.717) is 51.4 Å². The number of aromatic nitrogens is 2. The lowest BCUT2D eigenvalue weighted by Gasteiger charge is -2.18. The fraction of sp³-hybridized carbons (Fsp3) is 0.231. The van der Waals surface area contributed by atoms with Gasteiger partial charge in [-0.3, -0.25) is 9.36 Å². The van der Waals surface area contributed by atoms with Gasteiger partial charge in [0, 0.05) is 13.1 Å². The van der Waals surface area contributed by atoms with E-state index in [0.717, 1.165) is 0 Å². The molecule has 38 heavy (non-hydrogen) atoms. The quantitative estimate of drug-likeness (QED) is 0.223. The van der Waals surface area contributed by atoms with Crippen LogP contribution >= 0.6 is 35.0 Å². The summed E-state index contributed by atoms with van der Waals surface area (Å²) in [6, 6.07) is 17.3. The first kappa shape index (κ1) is 28.3. The minimum absolute atomic E-state index is 0.0198. The minimum Gasteiger partial charge on any atom is -0.495 e. The van der Waals surface area contributed by atoms with Crippen LogP contribution in [0.5, 0.6) is 5.75 Å². The largest absolute Gasteiger partial charge is 0.495 e. The Morgan fingerprint density at radius 1 is 1.08 bits per heavy atom. The molecule has 0 spiro atoms. The predicted molar refractivity (Wildman–Crippen MR) is 154 cm³/mol. The average Bonchev–Trinajstić information content (AvgIpc) is 3.28. The summed E-state index contributed by atoms with van der Waals surface area (Å²) in [4.78, 5) is 17.7. The van der Waals surface area contributed by atoms with Gasteiger partial charge in [0.2, 0.25) is 15.9 Å². The number of methoxy groups -OCH3 is 1. The Balaban J connectivity index is 1.74. The maximum absolute atomic E-state index is 13.1. The van der Waals surface area contributed by atoms with E-state index in [1.54, 1.807) is 57.4 Å². The first-order chi connectivity index (χ1) is 18.2. The molecule has 8 nitrogen and oxygen atoms in total. The van der Waals surface area contributed by atoms with Gasteiger partial charge in [-0.2, -0.15) is 4.31 Å². The zero-order valence-corrected chi connectivity index (χ0v) is 24.1. The van der Waals surface area contributed by atoms with Crippen LogP contribution in [0.25, 0.3) is 16.7 Å². The highest BCUT2D eigenvalue weighted by Gasteiger charge is 2.24. The van der Waals surface area contributed by atoms with Crippen LogP contribution in [0.15, 0.2) is 70.7 Å². The smallest absolute Gasteiger partial charge is 0.243 e. The van der Waals surface area contributed by atoms with Gasteiger partial charge < -0.3 is 10.1 Å². The fourth-order valence-corrected chi connectivity index (χ4v) is 6.62. The van der Waals surface area contributed by atoms with Gasteiger partial charge in [0.15, 0.2) is 5.16 Å².